The minimum Gasteiger partial charge on any atom is -0.461 e. The maximum absolute atomic E-state index is 12.8. The van der Waals surface area contributed by atoms with Crippen LogP contribution in [-0.4, -0.2) is 30.8 Å². The first kappa shape index (κ1) is 20.4. The molecule has 0 bridgehead atoms. The van der Waals surface area contributed by atoms with E-state index in [1.165, 1.54) is 12.1 Å². The van der Waals surface area contributed by atoms with E-state index in [1.54, 1.807) is 49.4 Å². The number of hydrogen-bond acceptors (Lipinski definition) is 6. The van der Waals surface area contributed by atoms with Crippen LogP contribution in [0.3, 0.4) is 0 Å². The highest BCUT2D eigenvalue weighted by Crippen LogP contribution is 2.27. The minimum absolute atomic E-state index is 0.00886. The van der Waals surface area contributed by atoms with E-state index in [1.807, 2.05) is 6.07 Å². The lowest BCUT2D eigenvalue weighted by Gasteiger charge is -2.11. The number of sulfonamides is 1. The molecule has 0 amide bonds. The molecule has 0 saturated carbocycles. The number of esters is 1. The molecule has 29 heavy (non-hydrogen) atoms. The van der Waals surface area contributed by atoms with E-state index in [4.69, 9.17) is 16.3 Å². The van der Waals surface area contributed by atoms with Gasteiger partial charge in [0.2, 0.25) is 0 Å². The summed E-state index contributed by atoms with van der Waals surface area (Å²) in [7, 11) is -4.05. The molecule has 2 aromatic carbocycles. The lowest BCUT2D eigenvalue weighted by atomic mass is 10.2. The minimum atomic E-state index is -4.05. The van der Waals surface area contributed by atoms with Crippen LogP contribution in [0.4, 0.5) is 5.82 Å². The summed E-state index contributed by atoms with van der Waals surface area (Å²) < 4.78 is 34.1. The van der Waals surface area contributed by atoms with E-state index >= 15 is 0 Å². The van der Waals surface area contributed by atoms with Gasteiger partial charge in [-0.2, -0.15) is 10.4 Å². The third kappa shape index (κ3) is 4.23. The third-order valence-electron chi connectivity index (χ3n) is 3.82. The Balaban J connectivity index is 2.19. The number of nitrogens with one attached hydrogen (secondary N) is 1. The van der Waals surface area contributed by atoms with Crippen molar-refractivity contribution in [2.75, 3.05) is 11.3 Å². The molecule has 0 unspecified atom stereocenters. The maximum atomic E-state index is 12.8. The molecule has 1 N–H and O–H groups in total. The van der Waals surface area contributed by atoms with Gasteiger partial charge >= 0.3 is 5.97 Å². The Morgan fingerprint density at radius 1 is 1.21 bits per heavy atom. The van der Waals surface area contributed by atoms with Crippen LogP contribution in [0.5, 0.6) is 0 Å². The van der Waals surface area contributed by atoms with E-state index in [0.717, 1.165) is 4.68 Å². The SMILES string of the molecule is CCOC(=O)c1nn(-c2ccc(Cl)cc2)c(NS(=O)(=O)c2ccccc2)c1C#N. The van der Waals surface area contributed by atoms with Crippen molar-refractivity contribution in [1.82, 2.24) is 9.78 Å². The van der Waals surface area contributed by atoms with Crippen molar-refractivity contribution in [1.29, 1.82) is 5.26 Å². The predicted octanol–water partition coefficient (Wildman–Crippen LogP) is 3.37. The average molecular weight is 431 g/mol. The number of aromatic nitrogens is 2. The zero-order valence-electron chi connectivity index (χ0n) is 15.2. The second kappa shape index (κ2) is 8.34. The van der Waals surface area contributed by atoms with Crippen LogP contribution in [0.25, 0.3) is 5.69 Å². The molecule has 0 aliphatic rings. The number of carbonyl (C=O) groups is 1. The van der Waals surface area contributed by atoms with Crippen molar-refractivity contribution < 1.29 is 17.9 Å². The summed E-state index contributed by atoms with van der Waals surface area (Å²) in [5, 5.41) is 14.2. The van der Waals surface area contributed by atoms with Crippen molar-refractivity contribution in [3.63, 3.8) is 0 Å². The summed E-state index contributed by atoms with van der Waals surface area (Å²) in [5.41, 5.74) is -0.153. The zero-order chi connectivity index (χ0) is 21.0. The topological polar surface area (TPSA) is 114 Å². The number of ether oxygens (including phenoxy) is 1. The molecule has 0 spiro atoms. The van der Waals surface area contributed by atoms with E-state index in [2.05, 4.69) is 9.82 Å². The van der Waals surface area contributed by atoms with Crippen LogP contribution in [0.15, 0.2) is 59.5 Å². The Morgan fingerprint density at radius 2 is 1.86 bits per heavy atom. The number of halogens is 1. The molecule has 0 saturated heterocycles. The van der Waals surface area contributed by atoms with E-state index in [9.17, 15) is 18.5 Å². The van der Waals surface area contributed by atoms with Crippen molar-refractivity contribution in [3.05, 3.63) is 70.9 Å². The van der Waals surface area contributed by atoms with Gasteiger partial charge in [-0.3, -0.25) is 4.72 Å². The molecule has 0 aliphatic carbocycles. The van der Waals surface area contributed by atoms with Gasteiger partial charge in [0.05, 0.1) is 17.2 Å². The summed E-state index contributed by atoms with van der Waals surface area (Å²) in [5.74, 6) is -1.02. The molecule has 10 heteroatoms. The van der Waals surface area contributed by atoms with Crippen LogP contribution in [0.1, 0.15) is 23.0 Å². The van der Waals surface area contributed by atoms with Gasteiger partial charge in [-0.05, 0) is 43.3 Å². The molecule has 0 atom stereocenters. The highest BCUT2D eigenvalue weighted by molar-refractivity contribution is 7.92. The Morgan fingerprint density at radius 3 is 2.45 bits per heavy atom. The van der Waals surface area contributed by atoms with Gasteiger partial charge in [0.1, 0.15) is 11.6 Å². The summed E-state index contributed by atoms with van der Waals surface area (Å²) >= 11 is 5.91. The lowest BCUT2D eigenvalue weighted by Crippen LogP contribution is -2.16. The van der Waals surface area contributed by atoms with Gasteiger partial charge in [-0.15, -0.1) is 0 Å². The van der Waals surface area contributed by atoms with Crippen molar-refractivity contribution >= 4 is 33.4 Å². The molecule has 0 fully saturated rings. The van der Waals surface area contributed by atoms with Gasteiger partial charge in [0, 0.05) is 5.02 Å². The van der Waals surface area contributed by atoms with Crippen molar-refractivity contribution in [2.24, 2.45) is 0 Å². The predicted molar refractivity (Wildman–Crippen MR) is 106 cm³/mol. The second-order valence-electron chi connectivity index (χ2n) is 5.71. The second-order valence-corrected chi connectivity index (χ2v) is 7.83. The molecule has 0 radical (unpaired) electrons. The molecular weight excluding hydrogens is 416 g/mol. The number of benzene rings is 2. The quantitative estimate of drug-likeness (QED) is 0.599. The average Bonchev–Trinajstić information content (AvgIpc) is 3.07. The van der Waals surface area contributed by atoms with Gasteiger partial charge in [-0.25, -0.2) is 17.9 Å². The van der Waals surface area contributed by atoms with Crippen LogP contribution in [-0.2, 0) is 14.8 Å². The molecule has 3 aromatic rings. The highest BCUT2D eigenvalue weighted by atomic mass is 35.5. The number of hydrogen-bond donors (Lipinski definition) is 1. The van der Waals surface area contributed by atoms with Crippen molar-refractivity contribution in [2.45, 2.75) is 11.8 Å². The van der Waals surface area contributed by atoms with E-state index < -0.39 is 16.0 Å². The van der Waals surface area contributed by atoms with Gasteiger partial charge < -0.3 is 4.74 Å². The first-order valence-corrected chi connectivity index (χ1v) is 10.3. The number of anilines is 1. The smallest absolute Gasteiger partial charge is 0.360 e. The zero-order valence-corrected chi connectivity index (χ0v) is 16.7. The fraction of sp³-hybridized carbons (Fsp3) is 0.105. The largest absolute Gasteiger partial charge is 0.461 e. The first-order valence-electron chi connectivity index (χ1n) is 8.41. The standard InChI is InChI=1S/C19H15ClN4O4S/c1-2-28-19(25)17-16(12-21)18(23-29(26,27)15-6-4-3-5-7-15)24(22-17)14-10-8-13(20)9-11-14/h3-11,23H,2H2,1H3. The fourth-order valence-corrected chi connectivity index (χ4v) is 3.72. The number of nitrogens with zero attached hydrogens (tertiary/aromatic N) is 3. The van der Waals surface area contributed by atoms with Crippen LogP contribution in [0, 0.1) is 11.3 Å². The molecular formula is C19H15ClN4O4S. The van der Waals surface area contributed by atoms with E-state index in [-0.39, 0.29) is 28.6 Å². The summed E-state index contributed by atoms with van der Waals surface area (Å²) in [6, 6.07) is 15.8. The van der Waals surface area contributed by atoms with Crippen LogP contribution < -0.4 is 4.72 Å². The lowest BCUT2D eigenvalue weighted by molar-refractivity contribution is 0.0518. The van der Waals surface area contributed by atoms with Gasteiger partial charge in [-0.1, -0.05) is 29.8 Å². The summed E-state index contributed by atoms with van der Waals surface area (Å²) in [4.78, 5) is 12.3. The van der Waals surface area contributed by atoms with Crippen molar-refractivity contribution in [3.8, 4) is 11.8 Å². The molecule has 0 aliphatic heterocycles. The Labute approximate surface area is 172 Å². The molecule has 1 heterocycles. The van der Waals surface area contributed by atoms with Gasteiger partial charge in [0.15, 0.2) is 11.5 Å². The van der Waals surface area contributed by atoms with Gasteiger partial charge in [0.25, 0.3) is 10.0 Å². The monoisotopic (exact) mass is 430 g/mol. The number of nitriles is 1. The van der Waals surface area contributed by atoms with Crippen LogP contribution >= 0.6 is 11.6 Å². The summed E-state index contributed by atoms with van der Waals surface area (Å²) in [6.45, 7) is 1.68. The normalized spacial score (nSPS) is 10.9. The molecule has 8 nitrogen and oxygen atoms in total. The number of rotatable bonds is 6. The molecule has 148 valence electrons. The Bertz CT molecular complexity index is 1180. The Kier molecular flexibility index (Phi) is 5.87. The van der Waals surface area contributed by atoms with Crippen LogP contribution in [0.2, 0.25) is 5.02 Å². The number of carbonyl (C=O) groups excluding carboxylic acids is 1. The third-order valence-corrected chi connectivity index (χ3v) is 5.43. The Hall–Kier alpha value is -3.35. The molecule has 1 aromatic heterocycles. The highest BCUT2D eigenvalue weighted by Gasteiger charge is 2.28. The molecule has 3 rings (SSSR count). The first-order chi connectivity index (χ1) is 13.9. The summed E-state index contributed by atoms with van der Waals surface area (Å²) in [6.07, 6.45) is 0. The van der Waals surface area contributed by atoms with E-state index in [0.29, 0.717) is 10.7 Å². The maximum Gasteiger partial charge on any atom is 0.360 e. The fourth-order valence-electron chi connectivity index (χ4n) is 2.52.